The lowest BCUT2D eigenvalue weighted by Crippen LogP contribution is -2.34. The van der Waals surface area contributed by atoms with Crippen LogP contribution in [-0.4, -0.2) is 4.98 Å². The van der Waals surface area contributed by atoms with E-state index in [0.717, 1.165) is 5.56 Å². The Kier molecular flexibility index (Phi) is 7.26. The van der Waals surface area contributed by atoms with E-state index in [-0.39, 0.29) is 39.0 Å². The zero-order valence-corrected chi connectivity index (χ0v) is 21.1. The van der Waals surface area contributed by atoms with Gasteiger partial charge >= 0.3 is 0 Å². The van der Waals surface area contributed by atoms with E-state index in [1.165, 1.54) is 24.4 Å². The molecular formula is C28H24ClF2N7. The first-order chi connectivity index (χ1) is 18.5. The van der Waals surface area contributed by atoms with Crippen molar-refractivity contribution in [2.45, 2.75) is 25.4 Å². The number of hydrazine groups is 2. The molecule has 1 aliphatic rings. The Bertz CT molecular complexity index is 1540. The summed E-state index contributed by atoms with van der Waals surface area (Å²) in [6.45, 7) is 2.01. The number of benzene rings is 3. The molecule has 0 fully saturated rings. The fraction of sp³-hybridized carbons (Fsp3) is 0.143. The van der Waals surface area contributed by atoms with Gasteiger partial charge in [-0.2, -0.15) is 10.8 Å². The maximum Gasteiger partial charge on any atom is 0.157 e. The van der Waals surface area contributed by atoms with Gasteiger partial charge in [-0.05, 0) is 35.7 Å². The molecule has 1 aliphatic heterocycles. The molecule has 192 valence electrons. The van der Waals surface area contributed by atoms with Crippen molar-refractivity contribution in [3.8, 4) is 6.07 Å². The van der Waals surface area contributed by atoms with Gasteiger partial charge in [-0.15, -0.1) is 0 Å². The van der Waals surface area contributed by atoms with E-state index >= 15 is 4.39 Å². The van der Waals surface area contributed by atoms with Crippen LogP contribution in [0.15, 0.2) is 78.8 Å². The lowest BCUT2D eigenvalue weighted by Gasteiger charge is -2.24. The van der Waals surface area contributed by atoms with Crippen LogP contribution < -0.4 is 27.0 Å². The molecule has 0 saturated carbocycles. The third kappa shape index (κ3) is 4.92. The zero-order chi connectivity index (χ0) is 26.6. The number of rotatable bonds is 8. The van der Waals surface area contributed by atoms with Crippen LogP contribution in [0.25, 0.3) is 10.9 Å². The summed E-state index contributed by atoms with van der Waals surface area (Å²) in [5.41, 5.74) is 11.7. The van der Waals surface area contributed by atoms with Gasteiger partial charge in [-0.3, -0.25) is 4.98 Å². The van der Waals surface area contributed by atoms with Gasteiger partial charge in [0.2, 0.25) is 0 Å². The number of hydrogen-bond donors (Lipinski definition) is 5. The number of anilines is 2. The Morgan fingerprint density at radius 2 is 1.82 bits per heavy atom. The Labute approximate surface area is 223 Å². The summed E-state index contributed by atoms with van der Waals surface area (Å²) in [6, 6.07) is 18.5. The van der Waals surface area contributed by atoms with Crippen LogP contribution in [0.2, 0.25) is 5.02 Å². The number of aromatic nitrogens is 1. The number of nitriles is 1. The number of nitrogens with one attached hydrogen (secondary N) is 5. The number of hydrogen-bond acceptors (Lipinski definition) is 7. The molecule has 2 atom stereocenters. The molecule has 0 aliphatic carbocycles. The van der Waals surface area contributed by atoms with E-state index in [0.29, 0.717) is 23.4 Å². The number of pyridine rings is 1. The molecule has 0 amide bonds. The van der Waals surface area contributed by atoms with Crippen LogP contribution in [0.4, 0.5) is 20.2 Å². The second kappa shape index (κ2) is 10.9. The summed E-state index contributed by atoms with van der Waals surface area (Å²) in [4.78, 5) is 4.30. The average molecular weight is 532 g/mol. The molecular weight excluding hydrogens is 508 g/mol. The van der Waals surface area contributed by atoms with Crippen LogP contribution in [0, 0.1) is 23.0 Å². The van der Waals surface area contributed by atoms with E-state index in [1.54, 1.807) is 18.3 Å². The minimum absolute atomic E-state index is 0.0964. The molecule has 0 bridgehead atoms. The van der Waals surface area contributed by atoms with Crippen molar-refractivity contribution in [1.29, 1.82) is 5.26 Å². The molecule has 0 saturated heterocycles. The lowest BCUT2D eigenvalue weighted by molar-refractivity contribution is 0.581. The highest BCUT2D eigenvalue weighted by Gasteiger charge is 2.25. The first-order valence-corrected chi connectivity index (χ1v) is 12.4. The van der Waals surface area contributed by atoms with E-state index in [1.807, 2.05) is 37.3 Å². The minimum atomic E-state index is -0.619. The SMILES string of the molecule is CC[C@@H](Nc1c(C#N)cnc2c(Cl)cc(N[C@H](C3=CNNN3)c3ccc(F)cc3)c(F)c12)c1ccccc1. The highest BCUT2D eigenvalue weighted by Crippen LogP contribution is 2.39. The monoisotopic (exact) mass is 531 g/mol. The summed E-state index contributed by atoms with van der Waals surface area (Å²) < 4.78 is 30.0. The molecule has 2 heterocycles. The van der Waals surface area contributed by atoms with Gasteiger partial charge in [0, 0.05) is 12.4 Å². The van der Waals surface area contributed by atoms with Crippen molar-refractivity contribution in [2.24, 2.45) is 0 Å². The first kappa shape index (κ1) is 25.3. The maximum atomic E-state index is 16.4. The quantitative estimate of drug-likeness (QED) is 0.184. The molecule has 10 heteroatoms. The maximum absolute atomic E-state index is 16.4. The number of halogens is 3. The van der Waals surface area contributed by atoms with Gasteiger partial charge in [0.05, 0.1) is 50.6 Å². The molecule has 4 aromatic rings. The zero-order valence-electron chi connectivity index (χ0n) is 20.3. The molecule has 0 radical (unpaired) electrons. The highest BCUT2D eigenvalue weighted by atomic mass is 35.5. The smallest absolute Gasteiger partial charge is 0.157 e. The van der Waals surface area contributed by atoms with Crippen molar-refractivity contribution in [2.75, 3.05) is 10.6 Å². The van der Waals surface area contributed by atoms with Crippen molar-refractivity contribution in [3.05, 3.63) is 112 Å². The lowest BCUT2D eigenvalue weighted by atomic mass is 10.0. The van der Waals surface area contributed by atoms with Crippen LogP contribution in [0.3, 0.4) is 0 Å². The van der Waals surface area contributed by atoms with E-state index in [2.05, 4.69) is 38.1 Å². The summed E-state index contributed by atoms with van der Waals surface area (Å²) in [5.74, 6) is -1.00. The van der Waals surface area contributed by atoms with Gasteiger partial charge in [0.25, 0.3) is 0 Å². The van der Waals surface area contributed by atoms with Crippen LogP contribution in [-0.2, 0) is 0 Å². The molecule has 0 spiro atoms. The van der Waals surface area contributed by atoms with E-state index < -0.39 is 11.9 Å². The van der Waals surface area contributed by atoms with Crippen LogP contribution in [0.1, 0.15) is 42.1 Å². The molecule has 5 rings (SSSR count). The number of fused-ring (bicyclic) bond motifs is 1. The molecule has 5 N–H and O–H groups in total. The predicted molar refractivity (Wildman–Crippen MR) is 145 cm³/mol. The van der Waals surface area contributed by atoms with Gasteiger partial charge in [-0.25, -0.2) is 8.78 Å². The summed E-state index contributed by atoms with van der Waals surface area (Å²) >= 11 is 6.61. The molecule has 3 aromatic carbocycles. The Balaban J connectivity index is 1.63. The largest absolute Gasteiger partial charge is 0.376 e. The third-order valence-electron chi connectivity index (χ3n) is 6.40. The van der Waals surface area contributed by atoms with E-state index in [9.17, 15) is 9.65 Å². The molecule has 1 aromatic heterocycles. The molecule has 38 heavy (non-hydrogen) atoms. The Morgan fingerprint density at radius 1 is 1.05 bits per heavy atom. The van der Waals surface area contributed by atoms with Crippen LogP contribution in [0.5, 0.6) is 0 Å². The Hall–Kier alpha value is -4.39. The van der Waals surface area contributed by atoms with Gasteiger partial charge < -0.3 is 21.5 Å². The standard InChI is InChI=1S/C28H24ClF2N7/c1-2-21(16-6-4-3-5-7-16)35-27-18(13-32)14-33-28-20(29)12-22(25(31)24(27)28)36-26(23-15-34-38-37-23)17-8-10-19(30)11-9-17/h3-12,14-15,21,26,34,36-38H,2H2,1H3,(H,33,35)/t21-,26+/m1/s1. The van der Waals surface area contributed by atoms with Crippen molar-refractivity contribution < 1.29 is 8.78 Å². The predicted octanol–water partition coefficient (Wildman–Crippen LogP) is 6.21. The van der Waals surface area contributed by atoms with Gasteiger partial charge in [-0.1, -0.05) is 61.0 Å². The summed E-state index contributed by atoms with van der Waals surface area (Å²) in [6.07, 6.45) is 3.76. The summed E-state index contributed by atoms with van der Waals surface area (Å²) in [5, 5.41) is 16.7. The highest BCUT2D eigenvalue weighted by molar-refractivity contribution is 6.36. The fourth-order valence-electron chi connectivity index (χ4n) is 4.48. The second-order valence-electron chi connectivity index (χ2n) is 8.74. The molecule has 0 unspecified atom stereocenters. The minimum Gasteiger partial charge on any atom is -0.376 e. The van der Waals surface area contributed by atoms with Gasteiger partial charge in [0.15, 0.2) is 5.82 Å². The van der Waals surface area contributed by atoms with Crippen molar-refractivity contribution >= 4 is 33.9 Å². The first-order valence-electron chi connectivity index (χ1n) is 12.0. The second-order valence-corrected chi connectivity index (χ2v) is 9.15. The number of nitrogens with zero attached hydrogens (tertiary/aromatic N) is 2. The fourth-order valence-corrected chi connectivity index (χ4v) is 4.74. The normalized spacial score (nSPS) is 14.1. The Morgan fingerprint density at radius 3 is 2.47 bits per heavy atom. The van der Waals surface area contributed by atoms with Gasteiger partial charge in [0.1, 0.15) is 11.9 Å². The van der Waals surface area contributed by atoms with Crippen molar-refractivity contribution in [3.63, 3.8) is 0 Å². The summed E-state index contributed by atoms with van der Waals surface area (Å²) in [7, 11) is 0. The third-order valence-corrected chi connectivity index (χ3v) is 6.69. The average Bonchev–Trinajstić information content (AvgIpc) is 3.48. The van der Waals surface area contributed by atoms with Crippen LogP contribution >= 0.6 is 11.6 Å². The van der Waals surface area contributed by atoms with E-state index in [4.69, 9.17) is 11.6 Å². The van der Waals surface area contributed by atoms with Crippen molar-refractivity contribution in [1.82, 2.24) is 21.4 Å². The molecule has 7 nitrogen and oxygen atoms in total. The topological polar surface area (TPSA) is 96.8 Å².